The van der Waals surface area contributed by atoms with Crippen molar-refractivity contribution >= 4 is 17.6 Å². The van der Waals surface area contributed by atoms with Gasteiger partial charge in [-0.3, -0.25) is 19.7 Å². The van der Waals surface area contributed by atoms with E-state index in [9.17, 15) is 19.7 Å². The van der Waals surface area contributed by atoms with Crippen molar-refractivity contribution in [1.82, 2.24) is 4.90 Å². The molecule has 0 radical (unpaired) electrons. The van der Waals surface area contributed by atoms with Crippen LogP contribution in [0.15, 0.2) is 18.2 Å². The summed E-state index contributed by atoms with van der Waals surface area (Å²) in [6.45, 7) is 4.03. The van der Waals surface area contributed by atoms with Gasteiger partial charge in [-0.05, 0) is 18.4 Å². The number of nitro benzene ring substituents is 1. The molecule has 1 N–H and O–H groups in total. The van der Waals surface area contributed by atoms with Gasteiger partial charge < -0.3 is 10.0 Å². The molecular weight excluding hydrogens is 288 g/mol. The molecule has 0 spiro atoms. The van der Waals surface area contributed by atoms with Gasteiger partial charge in [-0.25, -0.2) is 0 Å². The van der Waals surface area contributed by atoms with Crippen molar-refractivity contribution in [2.45, 2.75) is 20.3 Å². The lowest BCUT2D eigenvalue weighted by Gasteiger charge is -2.16. The maximum atomic E-state index is 12.3. The molecular formula is C15H18N2O5. The van der Waals surface area contributed by atoms with E-state index in [0.29, 0.717) is 17.7 Å². The van der Waals surface area contributed by atoms with E-state index in [0.717, 1.165) is 0 Å². The number of carbonyl (C=O) groups is 2. The molecule has 0 aliphatic carbocycles. The maximum Gasteiger partial charge on any atom is 0.308 e. The van der Waals surface area contributed by atoms with E-state index in [1.54, 1.807) is 19.1 Å². The second kappa shape index (κ2) is 6.13. The Bertz CT molecular complexity index is 628. The van der Waals surface area contributed by atoms with Crippen LogP contribution in [0.1, 0.15) is 18.1 Å². The molecule has 1 aliphatic rings. The molecule has 7 nitrogen and oxygen atoms in total. The smallest absolute Gasteiger partial charge is 0.308 e. The minimum atomic E-state index is -0.894. The first-order chi connectivity index (χ1) is 10.3. The van der Waals surface area contributed by atoms with E-state index in [-0.39, 0.29) is 30.5 Å². The Morgan fingerprint density at radius 1 is 1.41 bits per heavy atom. The average molecular weight is 306 g/mol. The Balaban J connectivity index is 2.12. The third-order valence-electron chi connectivity index (χ3n) is 4.24. The van der Waals surface area contributed by atoms with Crippen LogP contribution in [-0.4, -0.2) is 39.9 Å². The zero-order valence-electron chi connectivity index (χ0n) is 12.5. The van der Waals surface area contributed by atoms with Crippen LogP contribution in [0, 0.1) is 28.9 Å². The fourth-order valence-electron chi connectivity index (χ4n) is 2.83. The standard InChI is InChI=1S/C15H18N2O5/c1-9-7-16(8-12(9)15(19)20)14(18)6-11-4-3-5-13(10(11)2)17(21)22/h3-5,9,12H,6-8H2,1-2H3,(H,19,20)/t9-,12-/m1/s1. The largest absolute Gasteiger partial charge is 0.481 e. The molecule has 0 aromatic heterocycles. The number of rotatable bonds is 4. The Hall–Kier alpha value is -2.44. The van der Waals surface area contributed by atoms with E-state index in [4.69, 9.17) is 5.11 Å². The highest BCUT2D eigenvalue weighted by atomic mass is 16.6. The lowest BCUT2D eigenvalue weighted by atomic mass is 9.99. The molecule has 1 saturated heterocycles. The van der Waals surface area contributed by atoms with Gasteiger partial charge >= 0.3 is 5.97 Å². The van der Waals surface area contributed by atoms with Gasteiger partial charge in [0.25, 0.3) is 5.69 Å². The van der Waals surface area contributed by atoms with Gasteiger partial charge in [0, 0.05) is 24.7 Å². The number of aliphatic carboxylic acids is 1. The number of carboxylic acids is 1. The number of carboxylic acid groups (broad SMARTS) is 1. The molecule has 0 unspecified atom stereocenters. The van der Waals surface area contributed by atoms with Gasteiger partial charge in [0.15, 0.2) is 0 Å². The van der Waals surface area contributed by atoms with E-state index in [1.807, 2.05) is 6.92 Å². The number of benzene rings is 1. The number of carbonyl (C=O) groups excluding carboxylic acids is 1. The molecule has 7 heteroatoms. The summed E-state index contributed by atoms with van der Waals surface area (Å²) >= 11 is 0. The van der Waals surface area contributed by atoms with Gasteiger partial charge in [-0.15, -0.1) is 0 Å². The summed E-state index contributed by atoms with van der Waals surface area (Å²) in [6.07, 6.45) is 0.0482. The third kappa shape index (κ3) is 3.08. The minimum absolute atomic E-state index is 0.0106. The van der Waals surface area contributed by atoms with E-state index < -0.39 is 16.8 Å². The van der Waals surface area contributed by atoms with Crippen LogP contribution < -0.4 is 0 Å². The van der Waals surface area contributed by atoms with Gasteiger partial charge in [0.05, 0.1) is 17.3 Å². The molecule has 1 aliphatic heterocycles. The van der Waals surface area contributed by atoms with Crippen LogP contribution in [0.3, 0.4) is 0 Å². The normalized spacial score (nSPS) is 20.9. The van der Waals surface area contributed by atoms with Crippen molar-refractivity contribution in [3.05, 3.63) is 39.4 Å². The zero-order valence-corrected chi connectivity index (χ0v) is 12.5. The van der Waals surface area contributed by atoms with Crippen molar-refractivity contribution < 1.29 is 19.6 Å². The maximum absolute atomic E-state index is 12.3. The molecule has 0 bridgehead atoms. The topological polar surface area (TPSA) is 101 Å². The summed E-state index contributed by atoms with van der Waals surface area (Å²) in [6, 6.07) is 4.65. The van der Waals surface area contributed by atoms with E-state index in [2.05, 4.69) is 0 Å². The summed E-state index contributed by atoms with van der Waals surface area (Å²) in [4.78, 5) is 35.4. The SMILES string of the molecule is Cc1c(CC(=O)N2C[C@@H](C)[C@H](C(=O)O)C2)cccc1[N+](=O)[O-]. The predicted octanol–water partition coefficient (Wildman–Crippen LogP) is 1.62. The van der Waals surface area contributed by atoms with Gasteiger partial charge in [0.1, 0.15) is 0 Å². The first kappa shape index (κ1) is 15.9. The minimum Gasteiger partial charge on any atom is -0.481 e. The van der Waals surface area contributed by atoms with E-state index in [1.165, 1.54) is 11.0 Å². The Morgan fingerprint density at radius 2 is 2.09 bits per heavy atom. The summed E-state index contributed by atoms with van der Waals surface area (Å²) in [5, 5.41) is 20.0. The van der Waals surface area contributed by atoms with Crippen LogP contribution in [0.25, 0.3) is 0 Å². The Kier molecular flexibility index (Phi) is 4.44. The molecule has 1 aromatic carbocycles. The van der Waals surface area contributed by atoms with Crippen LogP contribution in [-0.2, 0) is 16.0 Å². The first-order valence-corrected chi connectivity index (χ1v) is 7.04. The third-order valence-corrected chi connectivity index (χ3v) is 4.24. The molecule has 1 aromatic rings. The highest BCUT2D eigenvalue weighted by Gasteiger charge is 2.36. The number of nitro groups is 1. The summed E-state index contributed by atoms with van der Waals surface area (Å²) in [5.41, 5.74) is 1.07. The fraction of sp³-hybridized carbons (Fsp3) is 0.467. The van der Waals surface area contributed by atoms with Crippen molar-refractivity contribution in [2.75, 3.05) is 13.1 Å². The zero-order chi connectivity index (χ0) is 16.4. The first-order valence-electron chi connectivity index (χ1n) is 7.04. The highest BCUT2D eigenvalue weighted by Crippen LogP contribution is 2.26. The van der Waals surface area contributed by atoms with E-state index >= 15 is 0 Å². The number of nitrogens with zero attached hydrogens (tertiary/aromatic N) is 2. The highest BCUT2D eigenvalue weighted by molar-refractivity contribution is 5.81. The molecule has 2 atom stereocenters. The molecule has 118 valence electrons. The summed E-state index contributed by atoms with van der Waals surface area (Å²) in [5.74, 6) is -1.73. The second-order valence-corrected chi connectivity index (χ2v) is 5.72. The molecule has 1 heterocycles. The number of likely N-dealkylation sites (tertiary alicyclic amines) is 1. The van der Waals surface area contributed by atoms with Crippen LogP contribution in [0.2, 0.25) is 0 Å². The lowest BCUT2D eigenvalue weighted by molar-refractivity contribution is -0.385. The second-order valence-electron chi connectivity index (χ2n) is 5.72. The summed E-state index contributed by atoms with van der Waals surface area (Å²) < 4.78 is 0. The van der Waals surface area contributed by atoms with Gasteiger partial charge in [-0.2, -0.15) is 0 Å². The molecule has 1 amide bonds. The van der Waals surface area contributed by atoms with Crippen LogP contribution in [0.4, 0.5) is 5.69 Å². The fourth-order valence-corrected chi connectivity index (χ4v) is 2.83. The number of hydrogen-bond acceptors (Lipinski definition) is 4. The average Bonchev–Trinajstić information content (AvgIpc) is 2.83. The predicted molar refractivity (Wildman–Crippen MR) is 78.4 cm³/mol. The van der Waals surface area contributed by atoms with Gasteiger partial charge in [0.2, 0.25) is 5.91 Å². The van der Waals surface area contributed by atoms with Crippen molar-refractivity contribution in [2.24, 2.45) is 11.8 Å². The molecule has 1 fully saturated rings. The molecule has 0 saturated carbocycles. The van der Waals surface area contributed by atoms with Crippen molar-refractivity contribution in [3.63, 3.8) is 0 Å². The number of hydrogen-bond donors (Lipinski definition) is 1. The van der Waals surface area contributed by atoms with Crippen molar-refractivity contribution in [1.29, 1.82) is 0 Å². The van der Waals surface area contributed by atoms with Crippen LogP contribution >= 0.6 is 0 Å². The molecule has 22 heavy (non-hydrogen) atoms. The van der Waals surface area contributed by atoms with Gasteiger partial charge in [-0.1, -0.05) is 19.1 Å². The quantitative estimate of drug-likeness (QED) is 0.673. The lowest BCUT2D eigenvalue weighted by Crippen LogP contribution is -2.31. The Labute approximate surface area is 127 Å². The summed E-state index contributed by atoms with van der Waals surface area (Å²) in [7, 11) is 0. The Morgan fingerprint density at radius 3 is 2.64 bits per heavy atom. The monoisotopic (exact) mass is 306 g/mol. The number of amides is 1. The molecule has 2 rings (SSSR count). The van der Waals surface area contributed by atoms with Crippen molar-refractivity contribution in [3.8, 4) is 0 Å². The van der Waals surface area contributed by atoms with Crippen LogP contribution in [0.5, 0.6) is 0 Å².